The highest BCUT2D eigenvalue weighted by Gasteiger charge is 2.22. The van der Waals surface area contributed by atoms with Crippen LogP contribution in [0.15, 0.2) is 29.2 Å². The molecule has 7 nitrogen and oxygen atoms in total. The molecule has 0 aliphatic rings. The number of sulfonamides is 1. The second kappa shape index (κ2) is 5.57. The molecule has 1 heterocycles. The first-order valence-corrected chi connectivity index (χ1v) is 7.70. The number of hydrogen-bond acceptors (Lipinski definition) is 4. The molecule has 0 unspecified atom stereocenters. The Bertz CT molecular complexity index is 744. The molecule has 0 fully saturated rings. The van der Waals surface area contributed by atoms with Crippen LogP contribution in [0.4, 0.5) is 5.69 Å². The first kappa shape index (κ1) is 15.0. The maximum absolute atomic E-state index is 12.3. The van der Waals surface area contributed by atoms with Crippen LogP contribution in [0, 0.1) is 13.8 Å². The second-order valence-corrected chi connectivity index (χ2v) is 6.14. The normalized spacial score (nSPS) is 11.2. The number of carbonyl (C=O) groups excluding carboxylic acids is 1. The number of nitrogens with zero attached hydrogens (tertiary/aromatic N) is 1. The van der Waals surface area contributed by atoms with Crippen molar-refractivity contribution in [2.45, 2.75) is 18.7 Å². The van der Waals surface area contributed by atoms with E-state index < -0.39 is 10.0 Å². The number of rotatable bonds is 4. The summed E-state index contributed by atoms with van der Waals surface area (Å²) in [4.78, 5) is 11.6. The van der Waals surface area contributed by atoms with Crippen LogP contribution < -0.4 is 10.0 Å². The van der Waals surface area contributed by atoms with E-state index in [1.165, 1.54) is 19.2 Å². The van der Waals surface area contributed by atoms with Crippen molar-refractivity contribution in [3.05, 3.63) is 41.2 Å². The monoisotopic (exact) mass is 308 g/mol. The van der Waals surface area contributed by atoms with Crippen molar-refractivity contribution in [3.8, 4) is 0 Å². The van der Waals surface area contributed by atoms with Crippen molar-refractivity contribution < 1.29 is 13.2 Å². The zero-order valence-electron chi connectivity index (χ0n) is 11.9. The SMILES string of the molecule is CNC(=O)c1ccc(NS(=O)(=O)c2c(C)n[nH]c2C)cc1. The molecule has 0 aliphatic carbocycles. The van der Waals surface area contributed by atoms with E-state index in [9.17, 15) is 13.2 Å². The van der Waals surface area contributed by atoms with E-state index >= 15 is 0 Å². The molecule has 1 amide bonds. The Morgan fingerprint density at radius 1 is 1.19 bits per heavy atom. The molecule has 0 bridgehead atoms. The van der Waals surface area contributed by atoms with Gasteiger partial charge in [0.2, 0.25) is 0 Å². The Morgan fingerprint density at radius 3 is 2.29 bits per heavy atom. The zero-order valence-corrected chi connectivity index (χ0v) is 12.7. The van der Waals surface area contributed by atoms with Crippen LogP contribution >= 0.6 is 0 Å². The molecule has 0 saturated heterocycles. The van der Waals surface area contributed by atoms with E-state index in [4.69, 9.17) is 0 Å². The van der Waals surface area contributed by atoms with Gasteiger partial charge in [-0.2, -0.15) is 5.10 Å². The van der Waals surface area contributed by atoms with Gasteiger partial charge in [0.15, 0.2) is 0 Å². The summed E-state index contributed by atoms with van der Waals surface area (Å²) in [5.74, 6) is -0.231. The third-order valence-electron chi connectivity index (χ3n) is 2.96. The van der Waals surface area contributed by atoms with Gasteiger partial charge in [-0.25, -0.2) is 8.42 Å². The molecule has 0 atom stereocenters. The summed E-state index contributed by atoms with van der Waals surface area (Å²) in [7, 11) is -2.18. The van der Waals surface area contributed by atoms with Gasteiger partial charge >= 0.3 is 0 Å². The number of anilines is 1. The molecule has 21 heavy (non-hydrogen) atoms. The molecular formula is C13H16N4O3S. The largest absolute Gasteiger partial charge is 0.355 e. The zero-order chi connectivity index (χ0) is 15.6. The van der Waals surface area contributed by atoms with E-state index in [0.717, 1.165) is 0 Å². The highest BCUT2D eigenvalue weighted by atomic mass is 32.2. The second-order valence-electron chi connectivity index (χ2n) is 4.53. The predicted molar refractivity (Wildman–Crippen MR) is 78.7 cm³/mol. The minimum atomic E-state index is -3.71. The van der Waals surface area contributed by atoms with Gasteiger partial charge in [0, 0.05) is 18.3 Å². The van der Waals surface area contributed by atoms with Crippen LogP contribution in [-0.2, 0) is 10.0 Å². The van der Waals surface area contributed by atoms with Crippen molar-refractivity contribution in [2.24, 2.45) is 0 Å². The molecule has 2 aromatic rings. The molecule has 0 aliphatic heterocycles. The molecule has 0 saturated carbocycles. The number of aryl methyl sites for hydroxylation is 2. The standard InChI is InChI=1S/C13H16N4O3S/c1-8-12(9(2)16-15-8)21(19,20)17-11-6-4-10(5-7-11)13(18)14-3/h4-7,17H,1-3H3,(H,14,18)(H,15,16). The fourth-order valence-electron chi connectivity index (χ4n) is 1.98. The number of carbonyl (C=O) groups is 1. The lowest BCUT2D eigenvalue weighted by atomic mass is 10.2. The summed E-state index contributed by atoms with van der Waals surface area (Å²) in [6.45, 7) is 3.26. The van der Waals surface area contributed by atoms with Crippen LogP contribution in [0.1, 0.15) is 21.7 Å². The number of aromatic nitrogens is 2. The molecule has 0 spiro atoms. The maximum atomic E-state index is 12.3. The third kappa shape index (κ3) is 3.05. The quantitative estimate of drug-likeness (QED) is 0.789. The van der Waals surface area contributed by atoms with Crippen LogP contribution in [0.5, 0.6) is 0 Å². The van der Waals surface area contributed by atoms with E-state index in [0.29, 0.717) is 22.6 Å². The van der Waals surface area contributed by atoms with Crippen LogP contribution in [0.25, 0.3) is 0 Å². The Kier molecular flexibility index (Phi) is 3.99. The van der Waals surface area contributed by atoms with Gasteiger partial charge in [-0.05, 0) is 38.1 Å². The topological polar surface area (TPSA) is 104 Å². The third-order valence-corrected chi connectivity index (χ3v) is 4.60. The van der Waals surface area contributed by atoms with Gasteiger partial charge in [-0.1, -0.05) is 0 Å². The lowest BCUT2D eigenvalue weighted by Crippen LogP contribution is -2.18. The number of hydrogen-bond donors (Lipinski definition) is 3. The summed E-state index contributed by atoms with van der Waals surface area (Å²) in [6.07, 6.45) is 0. The first-order chi connectivity index (χ1) is 9.85. The summed E-state index contributed by atoms with van der Waals surface area (Å²) in [5.41, 5.74) is 1.71. The molecule has 3 N–H and O–H groups in total. The van der Waals surface area contributed by atoms with E-state index in [1.54, 1.807) is 26.0 Å². The molecule has 1 aromatic carbocycles. The smallest absolute Gasteiger partial charge is 0.265 e. The minimum Gasteiger partial charge on any atom is -0.355 e. The molecule has 2 rings (SSSR count). The number of aromatic amines is 1. The van der Waals surface area contributed by atoms with Crippen LogP contribution in [0.2, 0.25) is 0 Å². The number of amides is 1. The van der Waals surface area contributed by atoms with Gasteiger partial charge in [0.25, 0.3) is 15.9 Å². The minimum absolute atomic E-state index is 0.137. The Labute approximate surface area is 122 Å². The highest BCUT2D eigenvalue weighted by Crippen LogP contribution is 2.21. The molecule has 0 radical (unpaired) electrons. The van der Waals surface area contributed by atoms with Crippen molar-refractivity contribution in [2.75, 3.05) is 11.8 Å². The Hall–Kier alpha value is -2.35. The van der Waals surface area contributed by atoms with Crippen LogP contribution in [0.3, 0.4) is 0 Å². The molecular weight excluding hydrogens is 292 g/mol. The fraction of sp³-hybridized carbons (Fsp3) is 0.231. The summed E-state index contributed by atoms with van der Waals surface area (Å²) >= 11 is 0. The van der Waals surface area contributed by atoms with Gasteiger partial charge in [0.1, 0.15) is 4.90 Å². The number of benzene rings is 1. The lowest BCUT2D eigenvalue weighted by Gasteiger charge is -2.08. The number of nitrogens with one attached hydrogen (secondary N) is 3. The average molecular weight is 308 g/mol. The molecule has 8 heteroatoms. The van der Waals surface area contributed by atoms with Gasteiger partial charge < -0.3 is 5.32 Å². The van der Waals surface area contributed by atoms with Gasteiger partial charge in [-0.3, -0.25) is 14.6 Å². The first-order valence-electron chi connectivity index (χ1n) is 6.21. The van der Waals surface area contributed by atoms with Crippen molar-refractivity contribution in [1.82, 2.24) is 15.5 Å². The van der Waals surface area contributed by atoms with Gasteiger partial charge in [0.05, 0.1) is 11.4 Å². The maximum Gasteiger partial charge on any atom is 0.265 e. The molecule has 1 aromatic heterocycles. The molecule has 112 valence electrons. The van der Waals surface area contributed by atoms with E-state index in [2.05, 4.69) is 20.2 Å². The Balaban J connectivity index is 2.27. The summed E-state index contributed by atoms with van der Waals surface area (Å²) in [6, 6.07) is 6.16. The van der Waals surface area contributed by atoms with E-state index in [-0.39, 0.29) is 10.8 Å². The van der Waals surface area contributed by atoms with Crippen LogP contribution in [-0.4, -0.2) is 31.6 Å². The summed E-state index contributed by atoms with van der Waals surface area (Å²) < 4.78 is 27.1. The summed E-state index contributed by atoms with van der Waals surface area (Å²) in [5, 5.41) is 9.01. The number of H-pyrrole nitrogens is 1. The van der Waals surface area contributed by atoms with Crippen molar-refractivity contribution >= 4 is 21.6 Å². The lowest BCUT2D eigenvalue weighted by molar-refractivity contribution is 0.0963. The highest BCUT2D eigenvalue weighted by molar-refractivity contribution is 7.92. The van der Waals surface area contributed by atoms with Crippen molar-refractivity contribution in [3.63, 3.8) is 0 Å². The van der Waals surface area contributed by atoms with Crippen molar-refractivity contribution in [1.29, 1.82) is 0 Å². The fourth-order valence-corrected chi connectivity index (χ4v) is 3.41. The predicted octanol–water partition coefficient (Wildman–Crippen LogP) is 1.19. The average Bonchev–Trinajstić information content (AvgIpc) is 2.78. The van der Waals surface area contributed by atoms with Gasteiger partial charge in [-0.15, -0.1) is 0 Å². The Morgan fingerprint density at radius 2 is 1.81 bits per heavy atom. The van der Waals surface area contributed by atoms with E-state index in [1.807, 2.05) is 0 Å².